The van der Waals surface area contributed by atoms with Crippen molar-refractivity contribution in [2.45, 2.75) is 31.7 Å². The van der Waals surface area contributed by atoms with Gasteiger partial charge in [-0.25, -0.2) is 0 Å². The van der Waals surface area contributed by atoms with Gasteiger partial charge in [-0.3, -0.25) is 0 Å². The molecule has 0 aliphatic heterocycles. The molecule has 2 N–H and O–H groups in total. The summed E-state index contributed by atoms with van der Waals surface area (Å²) >= 11 is 0. The van der Waals surface area contributed by atoms with Crippen molar-refractivity contribution in [2.24, 2.45) is 0 Å². The van der Waals surface area contributed by atoms with Crippen molar-refractivity contribution >= 4 is 0 Å². The second-order valence-electron chi connectivity index (χ2n) is 7.90. The Kier molecular flexibility index (Phi) is 5.11. The summed E-state index contributed by atoms with van der Waals surface area (Å²) in [6.07, 6.45) is 10.8. The van der Waals surface area contributed by atoms with Crippen LogP contribution in [0.1, 0.15) is 42.0 Å². The maximum Gasteiger partial charge on any atom is 0.258 e. The fraction of sp³-hybridized carbons (Fsp3) is 0.240. The number of nitrogens with zero attached hydrogens (tertiary/aromatic N) is 3. The predicted molar refractivity (Wildman–Crippen MR) is 117 cm³/mol. The minimum Gasteiger partial charge on any atom is -0.507 e. The maximum atomic E-state index is 9.72. The molecule has 5 rings (SSSR count). The van der Waals surface area contributed by atoms with Crippen LogP contribution in [0.3, 0.4) is 0 Å². The van der Waals surface area contributed by atoms with E-state index >= 15 is 0 Å². The van der Waals surface area contributed by atoms with E-state index in [4.69, 9.17) is 9.78 Å². The van der Waals surface area contributed by atoms with Gasteiger partial charge in [0.1, 0.15) is 11.8 Å². The fourth-order valence-electron chi connectivity index (χ4n) is 4.34. The smallest absolute Gasteiger partial charge is 0.258 e. The number of nitrogens with one attached hydrogen (secondary N) is 1. The molecule has 0 bridgehead atoms. The molecule has 3 aromatic rings. The second-order valence-corrected chi connectivity index (χ2v) is 7.90. The summed E-state index contributed by atoms with van der Waals surface area (Å²) in [5, 5.41) is 26.8. The third kappa shape index (κ3) is 3.76. The van der Waals surface area contributed by atoms with Crippen molar-refractivity contribution in [3.05, 3.63) is 76.9 Å². The van der Waals surface area contributed by atoms with E-state index in [1.165, 1.54) is 22.8 Å². The second kappa shape index (κ2) is 8.21. The molecule has 0 amide bonds. The van der Waals surface area contributed by atoms with Gasteiger partial charge in [0.05, 0.1) is 5.56 Å². The highest BCUT2D eigenvalue weighted by Gasteiger charge is 2.26. The summed E-state index contributed by atoms with van der Waals surface area (Å²) < 4.78 is 5.48. The number of fused-ring (bicyclic) bond motifs is 1. The van der Waals surface area contributed by atoms with Gasteiger partial charge in [0, 0.05) is 23.7 Å². The zero-order valence-electron chi connectivity index (χ0n) is 17.0. The molecule has 2 aromatic carbocycles. The lowest BCUT2D eigenvalue weighted by atomic mass is 10.0. The molecule has 1 unspecified atom stereocenters. The molecule has 1 aromatic heterocycles. The Morgan fingerprint density at radius 1 is 1.23 bits per heavy atom. The summed E-state index contributed by atoms with van der Waals surface area (Å²) in [6, 6.07) is 13.2. The van der Waals surface area contributed by atoms with Crippen LogP contribution in [-0.4, -0.2) is 21.8 Å². The highest BCUT2D eigenvalue weighted by molar-refractivity contribution is 5.67. The first-order chi connectivity index (χ1) is 15.2. The van der Waals surface area contributed by atoms with Crippen molar-refractivity contribution in [2.75, 3.05) is 6.54 Å². The number of nitriles is 1. The van der Waals surface area contributed by atoms with E-state index in [2.05, 4.69) is 39.8 Å². The van der Waals surface area contributed by atoms with E-state index < -0.39 is 0 Å². The first-order valence-electron chi connectivity index (χ1n) is 10.5. The van der Waals surface area contributed by atoms with Gasteiger partial charge in [0.25, 0.3) is 5.89 Å². The van der Waals surface area contributed by atoms with E-state index in [0.717, 1.165) is 37.8 Å². The third-order valence-corrected chi connectivity index (χ3v) is 5.98. The Morgan fingerprint density at radius 3 is 3.00 bits per heavy atom. The van der Waals surface area contributed by atoms with Gasteiger partial charge in [0.15, 0.2) is 0 Å². The van der Waals surface area contributed by atoms with Crippen molar-refractivity contribution in [3.8, 4) is 34.7 Å². The molecule has 154 valence electrons. The van der Waals surface area contributed by atoms with Gasteiger partial charge in [-0.05, 0) is 55.0 Å². The highest BCUT2D eigenvalue weighted by Crippen LogP contribution is 2.37. The first-order valence-corrected chi connectivity index (χ1v) is 10.5. The molecule has 1 heterocycles. The Labute approximate surface area is 180 Å². The molecule has 2 aliphatic rings. The molecule has 0 fully saturated rings. The minimum absolute atomic E-state index is 0.0644. The van der Waals surface area contributed by atoms with Gasteiger partial charge in [-0.1, -0.05) is 47.2 Å². The van der Waals surface area contributed by atoms with Crippen molar-refractivity contribution in [1.29, 1.82) is 5.26 Å². The molecule has 31 heavy (non-hydrogen) atoms. The third-order valence-electron chi connectivity index (χ3n) is 5.98. The average Bonchev–Trinajstić information content (AvgIpc) is 3.46. The SMILES string of the molecule is N#Cc1cc(-c2nc(-c3cccc4c3CCC4NCC3=CC=CCC3)no2)ccc1O. The van der Waals surface area contributed by atoms with E-state index in [1.807, 2.05) is 18.2 Å². The van der Waals surface area contributed by atoms with Crippen LogP contribution < -0.4 is 5.32 Å². The standard InChI is InChI=1S/C25H22N4O2/c26-14-18-13-17(9-12-23(18)30)25-28-24(29-31-25)21-8-4-7-20-19(21)10-11-22(20)27-15-16-5-2-1-3-6-16/h1-2,4-5,7-9,12-13,22,27,30H,3,6,10-11,15H2. The molecule has 6 heteroatoms. The Bertz CT molecular complexity index is 1230. The lowest BCUT2D eigenvalue weighted by Crippen LogP contribution is -2.22. The Hall–Kier alpha value is -3.69. The summed E-state index contributed by atoms with van der Waals surface area (Å²) in [5.74, 6) is 0.804. The summed E-state index contributed by atoms with van der Waals surface area (Å²) in [5.41, 5.74) is 5.77. The van der Waals surface area contributed by atoms with Gasteiger partial charge >= 0.3 is 0 Å². The predicted octanol–water partition coefficient (Wildman–Crippen LogP) is 4.83. The number of phenols is 1. The number of aromatic nitrogens is 2. The number of benzene rings is 2. The lowest BCUT2D eigenvalue weighted by Gasteiger charge is -2.17. The quantitative estimate of drug-likeness (QED) is 0.625. The Balaban J connectivity index is 1.39. The largest absolute Gasteiger partial charge is 0.507 e. The highest BCUT2D eigenvalue weighted by atomic mass is 16.5. The van der Waals surface area contributed by atoms with Gasteiger partial charge < -0.3 is 14.9 Å². The van der Waals surface area contributed by atoms with Crippen LogP contribution in [0.4, 0.5) is 0 Å². The number of hydrogen-bond acceptors (Lipinski definition) is 6. The van der Waals surface area contributed by atoms with Crippen LogP contribution in [0.25, 0.3) is 22.8 Å². The van der Waals surface area contributed by atoms with Gasteiger partial charge in [-0.15, -0.1) is 0 Å². The van der Waals surface area contributed by atoms with Gasteiger partial charge in [0.2, 0.25) is 5.82 Å². The van der Waals surface area contributed by atoms with Crippen LogP contribution in [-0.2, 0) is 6.42 Å². The molecule has 6 nitrogen and oxygen atoms in total. The Morgan fingerprint density at radius 2 is 2.16 bits per heavy atom. The monoisotopic (exact) mass is 410 g/mol. The minimum atomic E-state index is -0.0644. The zero-order valence-corrected chi connectivity index (χ0v) is 17.0. The number of allylic oxidation sites excluding steroid dienone is 3. The maximum absolute atomic E-state index is 9.72. The molecular weight excluding hydrogens is 388 g/mol. The van der Waals surface area contributed by atoms with Crippen molar-refractivity contribution in [3.63, 3.8) is 0 Å². The average molecular weight is 410 g/mol. The molecule has 0 saturated heterocycles. The van der Waals surface area contributed by atoms with Crippen LogP contribution in [0.15, 0.2) is 64.7 Å². The van der Waals surface area contributed by atoms with Crippen molar-refractivity contribution in [1.82, 2.24) is 15.5 Å². The molecule has 2 aliphatic carbocycles. The van der Waals surface area contributed by atoms with Crippen LogP contribution in [0, 0.1) is 11.3 Å². The normalized spacial score (nSPS) is 17.3. The van der Waals surface area contributed by atoms with E-state index in [-0.39, 0.29) is 11.3 Å². The topological polar surface area (TPSA) is 95.0 Å². The molecule has 0 radical (unpaired) electrons. The summed E-state index contributed by atoms with van der Waals surface area (Å²) in [7, 11) is 0. The van der Waals surface area contributed by atoms with E-state index in [1.54, 1.807) is 12.1 Å². The van der Waals surface area contributed by atoms with E-state index in [9.17, 15) is 5.11 Å². The fourth-order valence-corrected chi connectivity index (χ4v) is 4.34. The molecule has 1 atom stereocenters. The lowest BCUT2D eigenvalue weighted by molar-refractivity contribution is 0.432. The number of aromatic hydroxyl groups is 1. The summed E-state index contributed by atoms with van der Waals surface area (Å²) in [6.45, 7) is 0.910. The number of phenolic OH excluding ortho intramolecular Hbond substituents is 1. The molecular formula is C25H22N4O2. The van der Waals surface area contributed by atoms with E-state index in [0.29, 0.717) is 23.3 Å². The molecule has 0 saturated carbocycles. The summed E-state index contributed by atoms with van der Waals surface area (Å²) in [4.78, 5) is 4.57. The number of hydrogen-bond donors (Lipinski definition) is 2. The van der Waals surface area contributed by atoms with Crippen LogP contribution in [0.5, 0.6) is 5.75 Å². The van der Waals surface area contributed by atoms with Crippen LogP contribution in [0.2, 0.25) is 0 Å². The van der Waals surface area contributed by atoms with Crippen molar-refractivity contribution < 1.29 is 9.63 Å². The zero-order chi connectivity index (χ0) is 21.2. The first kappa shape index (κ1) is 19.3. The molecule has 0 spiro atoms. The number of rotatable bonds is 5. The van der Waals surface area contributed by atoms with Gasteiger partial charge in [-0.2, -0.15) is 10.2 Å². The van der Waals surface area contributed by atoms with Crippen LogP contribution >= 0.6 is 0 Å².